The average Bonchev–Trinajstić information content (AvgIpc) is 2.86. The summed E-state index contributed by atoms with van der Waals surface area (Å²) in [7, 11) is 0. The summed E-state index contributed by atoms with van der Waals surface area (Å²) in [6.07, 6.45) is -17.0. The third-order valence-electron chi connectivity index (χ3n) is 5.39. The van der Waals surface area contributed by atoms with Gasteiger partial charge in [-0.3, -0.25) is 0 Å². The maximum atomic E-state index is 12.7. The molecule has 0 saturated carbocycles. The number of rotatable bonds is 2. The van der Waals surface area contributed by atoms with Crippen LogP contribution in [0, 0.1) is 40.8 Å². The average molecular weight is 831 g/mol. The Kier molecular flexibility index (Phi) is 14.1. The normalized spacial score (nSPS) is 11.7. The van der Waals surface area contributed by atoms with Crippen molar-refractivity contribution in [2.45, 2.75) is 38.6 Å². The molecule has 0 bridgehead atoms. The summed E-state index contributed by atoms with van der Waals surface area (Å²) < 4.78 is 153. The largest absolute Gasteiger partial charge is 0.399 e. The van der Waals surface area contributed by atoms with Gasteiger partial charge >= 0.3 is 24.7 Å². The van der Waals surface area contributed by atoms with Gasteiger partial charge in [0.15, 0.2) is 0 Å². The third-order valence-corrected chi connectivity index (χ3v) is 5.39. The molecule has 0 atom stereocenters. The van der Waals surface area contributed by atoms with Crippen molar-refractivity contribution in [1.82, 2.24) is 9.97 Å². The Morgan fingerprint density at radius 2 is 0.800 bits per heavy atom. The Bertz CT molecular complexity index is 1380. The second-order valence-corrected chi connectivity index (χ2v) is 8.82. The van der Waals surface area contributed by atoms with Gasteiger partial charge in [0.25, 0.3) is 0 Å². The van der Waals surface area contributed by atoms with E-state index in [1.807, 2.05) is 12.1 Å². The van der Waals surface area contributed by atoms with Crippen LogP contribution in [0.2, 0.25) is 0 Å². The van der Waals surface area contributed by atoms with Gasteiger partial charge in [-0.05, 0) is 59.6 Å². The Balaban J connectivity index is 0.000000807. The number of aromatic nitrogens is 2. The predicted molar refractivity (Wildman–Crippen MR) is 139 cm³/mol. The van der Waals surface area contributed by atoms with Crippen molar-refractivity contribution >= 4 is 0 Å². The van der Waals surface area contributed by atoms with E-state index in [0.29, 0.717) is 23.3 Å². The second kappa shape index (κ2) is 15.2. The number of hydrogen-bond acceptors (Lipinski definition) is 2. The van der Waals surface area contributed by atoms with Crippen LogP contribution in [0.5, 0.6) is 0 Å². The molecule has 0 saturated heterocycles. The van der Waals surface area contributed by atoms with Gasteiger partial charge in [-0.2, -0.15) is 52.7 Å². The summed E-state index contributed by atoms with van der Waals surface area (Å²) in [5.74, 6) is 0. The summed E-state index contributed by atoms with van der Waals surface area (Å²) in [5, 5.41) is 0. The Hall–Kier alpha value is -3.45. The van der Waals surface area contributed by atoms with Crippen LogP contribution >= 0.6 is 0 Å². The molecule has 2 nitrogen and oxygen atoms in total. The van der Waals surface area contributed by atoms with Crippen molar-refractivity contribution < 1.29 is 72.8 Å². The van der Waals surface area contributed by atoms with E-state index < -0.39 is 47.0 Å². The smallest absolute Gasteiger partial charge is 0.358 e. The van der Waals surface area contributed by atoms with E-state index in [2.05, 4.69) is 9.97 Å². The molecule has 1 radical (unpaired) electrons. The molecular weight excluding hydrogens is 809 g/mol. The van der Waals surface area contributed by atoms with Crippen molar-refractivity contribution in [3.63, 3.8) is 0 Å². The monoisotopic (exact) mass is 831 g/mol. The van der Waals surface area contributed by atoms with E-state index in [4.69, 9.17) is 0 Å². The van der Waals surface area contributed by atoms with Crippen LogP contribution in [0.3, 0.4) is 0 Å². The zero-order chi connectivity index (χ0) is 31.7. The number of halogens is 12. The molecule has 2 heterocycles. The molecule has 249 valence electrons. The first kappa shape index (κ1) is 41.5. The van der Waals surface area contributed by atoms with Crippen molar-refractivity contribution in [2.24, 2.45) is 0 Å². The van der Waals surface area contributed by atoms with E-state index >= 15 is 0 Å². The molecule has 15 heteroatoms. The van der Waals surface area contributed by atoms with Crippen molar-refractivity contribution in [3.05, 3.63) is 121 Å². The zero-order valence-electron chi connectivity index (χ0n) is 23.5. The molecule has 2 aromatic carbocycles. The van der Waals surface area contributed by atoms with Gasteiger partial charge in [0.2, 0.25) is 0 Å². The first-order valence-electron chi connectivity index (χ1n) is 11.4. The Morgan fingerprint density at radius 1 is 0.489 bits per heavy atom. The quantitative estimate of drug-likeness (QED) is 0.149. The Labute approximate surface area is 264 Å². The molecule has 0 aliphatic heterocycles. The van der Waals surface area contributed by atoms with Gasteiger partial charge in [-0.1, -0.05) is 23.3 Å². The number of aryl methyl sites for hydroxylation is 2. The summed E-state index contributed by atoms with van der Waals surface area (Å²) in [6.45, 7) is 3.31. The number of benzene rings is 2. The Morgan fingerprint density at radius 3 is 1.04 bits per heavy atom. The van der Waals surface area contributed by atoms with Gasteiger partial charge < -0.3 is 24.8 Å². The van der Waals surface area contributed by atoms with E-state index in [1.165, 1.54) is 24.5 Å². The van der Waals surface area contributed by atoms with Crippen LogP contribution in [0.15, 0.2) is 60.9 Å². The number of alkyl halides is 12. The standard InChI is InChI=1S/2C14H8F6N.2CH3.Ir/c2*1-8-2-3-21-12(4-8)9-5-10(13(15,16)17)7-11(6-9)14(18,19)20;;;/h2*2-5,7H,1H3;2*1H3;/q4*-1;. The van der Waals surface area contributed by atoms with E-state index in [1.54, 1.807) is 26.0 Å². The van der Waals surface area contributed by atoms with E-state index in [-0.39, 0.29) is 69.6 Å². The summed E-state index contributed by atoms with van der Waals surface area (Å²) in [6, 6.07) is 11.2. The zero-order valence-corrected chi connectivity index (χ0v) is 25.9. The predicted octanol–water partition coefficient (Wildman–Crippen LogP) is 10.7. The van der Waals surface area contributed by atoms with Gasteiger partial charge in [-0.15, -0.1) is 47.5 Å². The summed E-state index contributed by atoms with van der Waals surface area (Å²) in [5.41, 5.74) is -5.07. The molecule has 0 fully saturated rings. The maximum absolute atomic E-state index is 12.7. The SMILES string of the molecule is Cc1ccnc(-c2[c-]c(C(F)(F)F)cc(C(F)(F)F)c2)c1.Cc1ccnc(-c2[c-]c(C(F)(F)F)cc(C(F)(F)F)c2)c1.[CH3-].[CH3-].[Ir]. The molecule has 0 N–H and O–H groups in total. The fraction of sp³-hybridized carbons (Fsp3) is 0.200. The molecule has 0 aliphatic rings. The molecule has 0 aliphatic carbocycles. The number of hydrogen-bond donors (Lipinski definition) is 0. The minimum atomic E-state index is -4.92. The van der Waals surface area contributed by atoms with Crippen LogP contribution in [-0.2, 0) is 44.8 Å². The van der Waals surface area contributed by atoms with Crippen molar-refractivity contribution in [1.29, 1.82) is 0 Å². The fourth-order valence-electron chi connectivity index (χ4n) is 3.42. The van der Waals surface area contributed by atoms with Crippen molar-refractivity contribution in [3.8, 4) is 22.5 Å². The molecule has 0 spiro atoms. The minimum absolute atomic E-state index is 0. The molecule has 45 heavy (non-hydrogen) atoms. The molecule has 4 rings (SSSR count). The molecular formula is C30H22F12IrN2-4. The van der Waals surface area contributed by atoms with Gasteiger partial charge in [0.05, 0.1) is 0 Å². The van der Waals surface area contributed by atoms with Crippen LogP contribution in [0.4, 0.5) is 52.7 Å². The van der Waals surface area contributed by atoms with E-state index in [0.717, 1.165) is 0 Å². The maximum Gasteiger partial charge on any atom is 0.399 e. The summed E-state index contributed by atoms with van der Waals surface area (Å²) >= 11 is 0. The van der Waals surface area contributed by atoms with Crippen LogP contribution in [0.1, 0.15) is 33.4 Å². The van der Waals surface area contributed by atoms with Gasteiger partial charge in [0, 0.05) is 32.5 Å². The van der Waals surface area contributed by atoms with Crippen LogP contribution in [-0.4, -0.2) is 9.97 Å². The topological polar surface area (TPSA) is 25.8 Å². The minimum Gasteiger partial charge on any atom is -0.358 e. The molecule has 2 aromatic heterocycles. The first-order chi connectivity index (χ1) is 19.1. The van der Waals surface area contributed by atoms with E-state index in [9.17, 15) is 52.7 Å². The molecule has 0 amide bonds. The second-order valence-electron chi connectivity index (χ2n) is 8.82. The van der Waals surface area contributed by atoms with Crippen molar-refractivity contribution in [2.75, 3.05) is 0 Å². The van der Waals surface area contributed by atoms with Gasteiger partial charge in [0.1, 0.15) is 0 Å². The first-order valence-corrected chi connectivity index (χ1v) is 11.4. The van der Waals surface area contributed by atoms with Gasteiger partial charge in [-0.25, -0.2) is 0 Å². The molecule has 4 aromatic rings. The van der Waals surface area contributed by atoms with Crippen LogP contribution in [0.25, 0.3) is 22.5 Å². The number of nitrogens with zero attached hydrogens (tertiary/aromatic N) is 2. The molecule has 0 unspecified atom stereocenters. The summed E-state index contributed by atoms with van der Waals surface area (Å²) in [4.78, 5) is 7.58. The fourth-order valence-corrected chi connectivity index (χ4v) is 3.42. The number of pyridine rings is 2. The van der Waals surface area contributed by atoms with Crippen LogP contribution < -0.4 is 0 Å². The third kappa shape index (κ3) is 11.4.